The van der Waals surface area contributed by atoms with Crippen LogP contribution in [-0.4, -0.2) is 69.7 Å². The van der Waals surface area contributed by atoms with Gasteiger partial charge in [-0.25, -0.2) is 15.8 Å². The van der Waals surface area contributed by atoms with Crippen molar-refractivity contribution in [3.8, 4) is 11.4 Å². The molecule has 1 aromatic carbocycles. The Bertz CT molecular complexity index is 1090. The van der Waals surface area contributed by atoms with Crippen molar-refractivity contribution in [2.45, 2.75) is 12.2 Å². The van der Waals surface area contributed by atoms with Crippen LogP contribution < -0.4 is 10.7 Å². The van der Waals surface area contributed by atoms with E-state index in [-0.39, 0.29) is 6.10 Å². The third-order valence-corrected chi connectivity index (χ3v) is 5.22. The van der Waals surface area contributed by atoms with Gasteiger partial charge in [-0.3, -0.25) is 5.10 Å². The topological polar surface area (TPSA) is 116 Å². The van der Waals surface area contributed by atoms with Gasteiger partial charge >= 0.3 is 0 Å². The fourth-order valence-corrected chi connectivity index (χ4v) is 3.68. The minimum absolute atomic E-state index is 0.234. The number of fused-ring (bicyclic) bond motifs is 1. The van der Waals surface area contributed by atoms with Crippen molar-refractivity contribution in [1.29, 1.82) is 0 Å². The van der Waals surface area contributed by atoms with Crippen LogP contribution in [0.3, 0.4) is 0 Å². The Labute approximate surface area is 174 Å². The van der Waals surface area contributed by atoms with Crippen molar-refractivity contribution in [3.63, 3.8) is 0 Å². The number of benzene rings is 1. The second kappa shape index (κ2) is 8.23. The van der Waals surface area contributed by atoms with Crippen molar-refractivity contribution >= 4 is 22.3 Å². The number of allylic oxidation sites excluding steroid dienone is 2. The Kier molecular flexibility index (Phi) is 5.49. The van der Waals surface area contributed by atoms with Crippen LogP contribution in [0.5, 0.6) is 0 Å². The van der Waals surface area contributed by atoms with Gasteiger partial charge < -0.3 is 19.8 Å². The van der Waals surface area contributed by atoms with E-state index < -0.39 is 6.10 Å². The maximum atomic E-state index is 10.1. The van der Waals surface area contributed by atoms with Gasteiger partial charge in [-0.05, 0) is 23.3 Å². The van der Waals surface area contributed by atoms with E-state index in [1.807, 2.05) is 35.4 Å². The van der Waals surface area contributed by atoms with Crippen LogP contribution in [0.1, 0.15) is 5.56 Å². The molecule has 2 aromatic heterocycles. The second-order valence-corrected chi connectivity index (χ2v) is 7.29. The van der Waals surface area contributed by atoms with E-state index >= 15 is 0 Å². The quantitative estimate of drug-likeness (QED) is 0.320. The first-order chi connectivity index (χ1) is 14.5. The summed E-state index contributed by atoms with van der Waals surface area (Å²) in [7, 11) is 3.36. The highest BCUT2D eigenvalue weighted by Crippen LogP contribution is 2.30. The highest BCUT2D eigenvalue weighted by atomic mass is 16.5. The minimum Gasteiger partial charge on any atom is -0.388 e. The van der Waals surface area contributed by atoms with E-state index in [4.69, 9.17) is 10.6 Å². The summed E-state index contributed by atoms with van der Waals surface area (Å²) < 4.78 is 5.33. The molecular formula is C21H25N7O2. The number of aromatic nitrogens is 4. The Hall–Kier alpha value is -3.27. The maximum absolute atomic E-state index is 10.1. The first kappa shape index (κ1) is 20.0. The first-order valence-corrected chi connectivity index (χ1v) is 9.58. The number of nitrogens with zero attached hydrogens (tertiary/aromatic N) is 5. The van der Waals surface area contributed by atoms with Gasteiger partial charge in [0.2, 0.25) is 0 Å². The zero-order chi connectivity index (χ0) is 21.3. The minimum atomic E-state index is -0.549. The number of aliphatic hydroxyl groups excluding tert-OH is 1. The number of anilines is 1. The summed E-state index contributed by atoms with van der Waals surface area (Å²) >= 11 is 0. The molecule has 1 fully saturated rings. The monoisotopic (exact) mass is 407 g/mol. The Morgan fingerprint density at radius 1 is 1.37 bits per heavy atom. The number of ether oxygens (including phenoxy) is 1. The molecule has 0 saturated carbocycles. The SMILES string of the molecule is C=C/C(=C\N(C)N)c1ccc2[nH]nc(-c3cc(N4C[C@H](OC)[C@@H](O)C4)ncn3)c2c1. The predicted octanol–water partition coefficient (Wildman–Crippen LogP) is 1.55. The molecule has 0 radical (unpaired) electrons. The van der Waals surface area contributed by atoms with Gasteiger partial charge in [0.25, 0.3) is 0 Å². The Morgan fingerprint density at radius 3 is 2.90 bits per heavy atom. The standard InChI is InChI=1S/C21H25N7O2/c1-4-13(9-27(2)22)14-5-6-16-15(7-14)21(26-25-16)17-8-20(24-12-23-17)28-10-18(29)19(11-28)30-3/h4-9,12,18-19,29H,1,10-11,22H2,2-3H3,(H,25,26)/b13-9+/t18-,19-/m0/s1. The van der Waals surface area contributed by atoms with Crippen LogP contribution in [0.15, 0.2) is 49.4 Å². The van der Waals surface area contributed by atoms with E-state index in [0.29, 0.717) is 18.8 Å². The molecule has 0 spiro atoms. The van der Waals surface area contributed by atoms with Crippen molar-refractivity contribution in [2.75, 3.05) is 32.1 Å². The van der Waals surface area contributed by atoms with Crippen LogP contribution in [0, 0.1) is 0 Å². The third kappa shape index (κ3) is 3.78. The lowest BCUT2D eigenvalue weighted by Gasteiger charge is -2.16. The lowest BCUT2D eigenvalue weighted by atomic mass is 10.0. The highest BCUT2D eigenvalue weighted by molar-refractivity contribution is 5.95. The number of aromatic amines is 1. The average Bonchev–Trinajstić information content (AvgIpc) is 3.34. The number of H-pyrrole nitrogens is 1. The summed E-state index contributed by atoms with van der Waals surface area (Å²) in [4.78, 5) is 10.8. The van der Waals surface area contributed by atoms with Crippen LogP contribution in [0.25, 0.3) is 27.9 Å². The summed E-state index contributed by atoms with van der Waals surface area (Å²) in [5.41, 5.74) is 4.18. The van der Waals surface area contributed by atoms with Gasteiger partial charge in [-0.15, -0.1) is 0 Å². The number of β-amino-alcohol motifs (C(OH)–C–C–N with tert-alkyl or cyclic N) is 1. The molecule has 2 atom stereocenters. The molecule has 9 heteroatoms. The molecule has 0 amide bonds. The number of aliphatic hydroxyl groups is 1. The van der Waals surface area contributed by atoms with E-state index in [9.17, 15) is 5.11 Å². The maximum Gasteiger partial charge on any atom is 0.132 e. The highest BCUT2D eigenvalue weighted by Gasteiger charge is 2.32. The van der Waals surface area contributed by atoms with Crippen molar-refractivity contribution < 1.29 is 9.84 Å². The molecule has 0 unspecified atom stereocenters. The summed E-state index contributed by atoms with van der Waals surface area (Å²) in [6.45, 7) is 4.91. The van der Waals surface area contributed by atoms with Gasteiger partial charge in [0, 0.05) is 44.9 Å². The van der Waals surface area contributed by atoms with Gasteiger partial charge in [0.05, 0.1) is 17.3 Å². The number of nitrogens with two attached hydrogens (primary N) is 1. The van der Waals surface area contributed by atoms with Gasteiger partial charge in [0.1, 0.15) is 23.9 Å². The fourth-order valence-electron chi connectivity index (χ4n) is 3.68. The molecule has 9 nitrogen and oxygen atoms in total. The third-order valence-electron chi connectivity index (χ3n) is 5.22. The smallest absolute Gasteiger partial charge is 0.132 e. The first-order valence-electron chi connectivity index (χ1n) is 9.58. The largest absolute Gasteiger partial charge is 0.388 e. The van der Waals surface area contributed by atoms with Crippen LogP contribution >= 0.6 is 0 Å². The lowest BCUT2D eigenvalue weighted by Crippen LogP contribution is -2.25. The molecule has 30 heavy (non-hydrogen) atoms. The lowest BCUT2D eigenvalue weighted by molar-refractivity contribution is 0.0217. The van der Waals surface area contributed by atoms with Crippen molar-refractivity contribution in [1.82, 2.24) is 25.2 Å². The van der Waals surface area contributed by atoms with Crippen molar-refractivity contribution in [2.24, 2.45) is 5.84 Å². The Balaban J connectivity index is 1.72. The zero-order valence-electron chi connectivity index (χ0n) is 17.0. The molecule has 0 bridgehead atoms. The molecule has 1 aliphatic heterocycles. The molecule has 4 N–H and O–H groups in total. The van der Waals surface area contributed by atoms with Crippen LogP contribution in [0.2, 0.25) is 0 Å². The number of rotatable bonds is 6. The van der Waals surface area contributed by atoms with E-state index in [1.165, 1.54) is 11.3 Å². The molecule has 3 aromatic rings. The molecule has 3 heterocycles. The molecule has 156 valence electrons. The number of hydrogen-bond donors (Lipinski definition) is 3. The van der Waals surface area contributed by atoms with E-state index in [2.05, 4.69) is 26.7 Å². The second-order valence-electron chi connectivity index (χ2n) is 7.29. The Morgan fingerprint density at radius 2 is 2.20 bits per heavy atom. The molecule has 1 aliphatic rings. The van der Waals surface area contributed by atoms with Gasteiger partial charge in [0.15, 0.2) is 0 Å². The predicted molar refractivity (Wildman–Crippen MR) is 116 cm³/mol. The number of hydrogen-bond acceptors (Lipinski definition) is 8. The zero-order valence-corrected chi connectivity index (χ0v) is 17.0. The van der Waals surface area contributed by atoms with Crippen LogP contribution in [-0.2, 0) is 4.74 Å². The summed E-state index contributed by atoms with van der Waals surface area (Å²) in [6, 6.07) is 7.87. The van der Waals surface area contributed by atoms with E-state index in [0.717, 1.165) is 33.6 Å². The summed E-state index contributed by atoms with van der Waals surface area (Å²) in [5.74, 6) is 6.49. The molecule has 4 rings (SSSR count). The average molecular weight is 407 g/mol. The number of nitrogens with one attached hydrogen (secondary N) is 1. The number of methoxy groups -OCH3 is 1. The fraction of sp³-hybridized carbons (Fsp3) is 0.286. The molecule has 1 saturated heterocycles. The van der Waals surface area contributed by atoms with Crippen molar-refractivity contribution in [3.05, 3.63) is 55.0 Å². The number of hydrazine groups is 1. The van der Waals surface area contributed by atoms with Gasteiger partial charge in [-0.2, -0.15) is 5.10 Å². The van der Waals surface area contributed by atoms with Gasteiger partial charge in [-0.1, -0.05) is 18.7 Å². The van der Waals surface area contributed by atoms with Crippen LogP contribution in [0.4, 0.5) is 5.82 Å². The normalized spacial score (nSPS) is 19.5. The summed E-state index contributed by atoms with van der Waals surface area (Å²) in [6.07, 6.45) is 4.30. The van der Waals surface area contributed by atoms with E-state index in [1.54, 1.807) is 20.2 Å². The molecule has 0 aliphatic carbocycles. The molecular weight excluding hydrogens is 382 g/mol. The summed E-state index contributed by atoms with van der Waals surface area (Å²) in [5, 5.41) is 20.1.